The van der Waals surface area contributed by atoms with Crippen molar-refractivity contribution in [3.05, 3.63) is 69.6 Å². The van der Waals surface area contributed by atoms with E-state index >= 15 is 0 Å². The van der Waals surface area contributed by atoms with Gasteiger partial charge in [-0.2, -0.15) is 9.40 Å². The summed E-state index contributed by atoms with van der Waals surface area (Å²) in [4.78, 5) is 19.6. The van der Waals surface area contributed by atoms with Crippen molar-refractivity contribution in [1.82, 2.24) is 24.0 Å². The first-order valence-electron chi connectivity index (χ1n) is 10.6. The Morgan fingerprint density at radius 1 is 0.970 bits per heavy atom. The van der Waals surface area contributed by atoms with E-state index in [2.05, 4.69) is 10.1 Å². The van der Waals surface area contributed by atoms with E-state index in [1.54, 1.807) is 40.8 Å². The molecule has 0 radical (unpaired) electrons. The molecule has 3 heterocycles. The highest BCUT2D eigenvalue weighted by Crippen LogP contribution is 2.24. The van der Waals surface area contributed by atoms with E-state index < -0.39 is 10.0 Å². The van der Waals surface area contributed by atoms with Gasteiger partial charge >= 0.3 is 0 Å². The summed E-state index contributed by atoms with van der Waals surface area (Å²) in [6.07, 6.45) is 0. The van der Waals surface area contributed by atoms with Crippen molar-refractivity contribution in [3.8, 4) is 5.82 Å². The Morgan fingerprint density at radius 2 is 1.67 bits per heavy atom. The number of halogens is 1. The van der Waals surface area contributed by atoms with Crippen molar-refractivity contribution < 1.29 is 13.2 Å². The standard InChI is InChI=1S/C23H26ClN5O3S/c1-15-5-7-20(16(2)13-15)33(31,32)28-11-9-27(10-12-28)23(30)22-19(24)6-8-21(25-22)29-18(4)14-17(3)26-29/h5-8,13-14H,9-12H2,1-4H3. The number of hydrogen-bond acceptors (Lipinski definition) is 5. The van der Waals surface area contributed by atoms with Gasteiger partial charge in [-0.1, -0.05) is 29.3 Å². The Hall–Kier alpha value is -2.75. The van der Waals surface area contributed by atoms with E-state index in [0.717, 1.165) is 17.0 Å². The number of sulfonamides is 1. The van der Waals surface area contributed by atoms with Crippen LogP contribution in [0.25, 0.3) is 5.82 Å². The largest absolute Gasteiger partial charge is 0.335 e. The van der Waals surface area contributed by atoms with E-state index in [-0.39, 0.29) is 42.8 Å². The van der Waals surface area contributed by atoms with Crippen molar-refractivity contribution in [2.24, 2.45) is 0 Å². The van der Waals surface area contributed by atoms with Crippen LogP contribution >= 0.6 is 11.6 Å². The topological polar surface area (TPSA) is 88.4 Å². The molecule has 1 aliphatic rings. The molecule has 0 N–H and O–H groups in total. The number of aryl methyl sites for hydroxylation is 4. The van der Waals surface area contributed by atoms with Gasteiger partial charge in [0.15, 0.2) is 5.82 Å². The molecule has 1 aliphatic heterocycles. The second-order valence-electron chi connectivity index (χ2n) is 8.30. The number of amides is 1. The van der Waals surface area contributed by atoms with Gasteiger partial charge < -0.3 is 4.90 Å². The van der Waals surface area contributed by atoms with Crippen molar-refractivity contribution in [2.75, 3.05) is 26.2 Å². The highest BCUT2D eigenvalue weighted by Gasteiger charge is 2.32. The minimum atomic E-state index is -3.63. The number of pyridine rings is 1. The minimum absolute atomic E-state index is 0.132. The first kappa shape index (κ1) is 23.4. The van der Waals surface area contributed by atoms with Gasteiger partial charge in [0.1, 0.15) is 5.69 Å². The van der Waals surface area contributed by atoms with Crippen LogP contribution in [0, 0.1) is 27.7 Å². The quantitative estimate of drug-likeness (QED) is 0.563. The zero-order chi connectivity index (χ0) is 23.9. The molecule has 4 rings (SSSR count). The minimum Gasteiger partial charge on any atom is -0.335 e. The molecule has 1 saturated heterocycles. The molecule has 1 fully saturated rings. The van der Waals surface area contributed by atoms with Crippen LogP contribution in [0.2, 0.25) is 5.02 Å². The number of benzene rings is 1. The molecule has 0 atom stereocenters. The number of hydrogen-bond donors (Lipinski definition) is 0. The molecule has 33 heavy (non-hydrogen) atoms. The predicted molar refractivity (Wildman–Crippen MR) is 126 cm³/mol. The number of piperazine rings is 1. The molecule has 10 heteroatoms. The molecule has 1 amide bonds. The summed E-state index contributed by atoms with van der Waals surface area (Å²) in [6, 6.07) is 10.6. The molecule has 174 valence electrons. The van der Waals surface area contributed by atoms with E-state index in [4.69, 9.17) is 11.6 Å². The van der Waals surface area contributed by atoms with Crippen LogP contribution in [0.15, 0.2) is 41.3 Å². The van der Waals surface area contributed by atoms with Gasteiger partial charge in [0.25, 0.3) is 5.91 Å². The Balaban J connectivity index is 1.52. The molecule has 0 saturated carbocycles. The molecule has 8 nitrogen and oxygen atoms in total. The summed E-state index contributed by atoms with van der Waals surface area (Å²) in [7, 11) is -3.63. The maximum Gasteiger partial charge on any atom is 0.274 e. The van der Waals surface area contributed by atoms with Crippen LogP contribution in [0.5, 0.6) is 0 Å². The zero-order valence-corrected chi connectivity index (χ0v) is 20.6. The van der Waals surface area contributed by atoms with Crippen molar-refractivity contribution in [2.45, 2.75) is 32.6 Å². The lowest BCUT2D eigenvalue weighted by Crippen LogP contribution is -2.50. The summed E-state index contributed by atoms with van der Waals surface area (Å²) < 4.78 is 29.4. The van der Waals surface area contributed by atoms with Gasteiger partial charge in [-0.15, -0.1) is 0 Å². The van der Waals surface area contributed by atoms with E-state index in [0.29, 0.717) is 16.3 Å². The Bertz CT molecular complexity index is 1330. The fourth-order valence-electron chi connectivity index (χ4n) is 4.07. The monoisotopic (exact) mass is 487 g/mol. The lowest BCUT2D eigenvalue weighted by Gasteiger charge is -2.34. The second-order valence-corrected chi connectivity index (χ2v) is 10.6. The number of aromatic nitrogens is 3. The molecular formula is C23H26ClN5O3S. The second kappa shape index (κ2) is 8.89. The highest BCUT2D eigenvalue weighted by molar-refractivity contribution is 7.89. The summed E-state index contributed by atoms with van der Waals surface area (Å²) in [5.74, 6) is 0.177. The number of carbonyl (C=O) groups excluding carboxylic acids is 1. The van der Waals surface area contributed by atoms with E-state index in [9.17, 15) is 13.2 Å². The van der Waals surface area contributed by atoms with Crippen LogP contribution in [0.3, 0.4) is 0 Å². The highest BCUT2D eigenvalue weighted by atomic mass is 35.5. The van der Waals surface area contributed by atoms with Gasteiger partial charge in [0, 0.05) is 31.9 Å². The third-order valence-corrected chi connectivity index (χ3v) is 8.10. The van der Waals surface area contributed by atoms with Crippen molar-refractivity contribution in [1.29, 1.82) is 0 Å². The third kappa shape index (κ3) is 4.53. The van der Waals surface area contributed by atoms with Gasteiger partial charge in [0.05, 0.1) is 15.6 Å². The summed E-state index contributed by atoms with van der Waals surface area (Å²) in [5, 5.41) is 4.66. The smallest absolute Gasteiger partial charge is 0.274 e. The molecule has 0 aliphatic carbocycles. The average Bonchev–Trinajstić information content (AvgIpc) is 3.11. The first-order chi connectivity index (χ1) is 15.6. The number of rotatable bonds is 4. The van der Waals surface area contributed by atoms with Gasteiger partial charge in [-0.25, -0.2) is 18.1 Å². The van der Waals surface area contributed by atoms with Gasteiger partial charge in [-0.05, 0) is 57.5 Å². The lowest BCUT2D eigenvalue weighted by molar-refractivity contribution is 0.0692. The van der Waals surface area contributed by atoms with Crippen LogP contribution in [-0.4, -0.2) is 64.5 Å². The maximum absolute atomic E-state index is 13.2. The Morgan fingerprint density at radius 3 is 2.27 bits per heavy atom. The summed E-state index contributed by atoms with van der Waals surface area (Å²) in [6.45, 7) is 8.44. The molecule has 0 spiro atoms. The molecule has 1 aromatic carbocycles. The molecule has 2 aromatic heterocycles. The fourth-order valence-corrected chi connectivity index (χ4v) is 5.88. The molecule has 0 bridgehead atoms. The van der Waals surface area contributed by atoms with E-state index in [1.807, 2.05) is 32.9 Å². The van der Waals surface area contributed by atoms with E-state index in [1.165, 1.54) is 4.31 Å². The van der Waals surface area contributed by atoms with Gasteiger partial charge in [0.2, 0.25) is 10.0 Å². The Labute approximate surface area is 198 Å². The van der Waals surface area contributed by atoms with Crippen molar-refractivity contribution in [3.63, 3.8) is 0 Å². The van der Waals surface area contributed by atoms with Crippen molar-refractivity contribution >= 4 is 27.5 Å². The number of nitrogens with zero attached hydrogens (tertiary/aromatic N) is 5. The lowest BCUT2D eigenvalue weighted by atomic mass is 10.2. The summed E-state index contributed by atoms with van der Waals surface area (Å²) >= 11 is 6.31. The normalized spacial score (nSPS) is 15.1. The van der Waals surface area contributed by atoms with Crippen LogP contribution in [-0.2, 0) is 10.0 Å². The molecule has 3 aromatic rings. The number of carbonyl (C=O) groups is 1. The fraction of sp³-hybridized carbons (Fsp3) is 0.348. The average molecular weight is 488 g/mol. The molecular weight excluding hydrogens is 462 g/mol. The summed E-state index contributed by atoms with van der Waals surface area (Å²) in [5.41, 5.74) is 3.59. The Kier molecular flexibility index (Phi) is 6.30. The molecule has 0 unspecified atom stereocenters. The van der Waals surface area contributed by atoms with Crippen LogP contribution in [0.1, 0.15) is 33.0 Å². The van der Waals surface area contributed by atoms with Gasteiger partial charge in [-0.3, -0.25) is 4.79 Å². The maximum atomic E-state index is 13.2. The first-order valence-corrected chi connectivity index (χ1v) is 12.5. The zero-order valence-electron chi connectivity index (χ0n) is 19.0. The predicted octanol–water partition coefficient (Wildman–Crippen LogP) is 3.30. The SMILES string of the molecule is Cc1ccc(S(=O)(=O)N2CCN(C(=O)c3nc(-n4nc(C)cc4C)ccc3Cl)CC2)c(C)c1. The van der Waals surface area contributed by atoms with Crippen LogP contribution < -0.4 is 0 Å². The third-order valence-electron chi connectivity index (χ3n) is 5.73. The van der Waals surface area contributed by atoms with Crippen LogP contribution in [0.4, 0.5) is 0 Å².